The molecule has 2 fully saturated rings. The lowest BCUT2D eigenvalue weighted by Crippen LogP contribution is -2.38. The van der Waals surface area contributed by atoms with Gasteiger partial charge in [-0.3, -0.25) is 9.78 Å². The second kappa shape index (κ2) is 4.45. The molecule has 0 saturated carbocycles. The summed E-state index contributed by atoms with van der Waals surface area (Å²) in [5.74, 6) is 0.151. The molecule has 3 rings (SSSR count). The number of amides is 1. The molecule has 2 saturated heterocycles. The minimum atomic E-state index is -0.266. The largest absolute Gasteiger partial charge is 0.354 e. The maximum atomic E-state index is 12.1. The van der Waals surface area contributed by atoms with Gasteiger partial charge in [0.05, 0.1) is 0 Å². The molecule has 4 heteroatoms. The van der Waals surface area contributed by atoms with E-state index in [-0.39, 0.29) is 18.1 Å². The van der Waals surface area contributed by atoms with E-state index >= 15 is 0 Å². The fraction of sp³-hybridized carbons (Fsp3) is 0.538. The molecule has 90 valence electrons. The van der Waals surface area contributed by atoms with Crippen molar-refractivity contribution >= 4 is 5.91 Å². The third-order valence-corrected chi connectivity index (χ3v) is 3.42. The number of hydrogen-bond donors (Lipinski definition) is 0. The Labute approximate surface area is 101 Å². The fourth-order valence-corrected chi connectivity index (χ4v) is 2.39. The molecule has 2 atom stereocenters. The van der Waals surface area contributed by atoms with Crippen molar-refractivity contribution < 1.29 is 9.53 Å². The van der Waals surface area contributed by atoms with Crippen LogP contribution in [0.5, 0.6) is 0 Å². The molecule has 0 aromatic carbocycles. The normalized spacial score (nSPS) is 27.9. The van der Waals surface area contributed by atoms with Crippen LogP contribution in [0.15, 0.2) is 24.5 Å². The lowest BCUT2D eigenvalue weighted by molar-refractivity contribution is -0.133. The molecule has 0 unspecified atom stereocenters. The molecule has 17 heavy (non-hydrogen) atoms. The summed E-state index contributed by atoms with van der Waals surface area (Å²) in [6, 6.07) is 3.83. The van der Waals surface area contributed by atoms with Gasteiger partial charge in [-0.2, -0.15) is 0 Å². The van der Waals surface area contributed by atoms with Crippen LogP contribution in [0.1, 0.15) is 30.9 Å². The van der Waals surface area contributed by atoms with Crippen LogP contribution in [0, 0.1) is 0 Å². The predicted octanol–water partition coefficient (Wildman–Crippen LogP) is 1.53. The van der Waals surface area contributed by atoms with Gasteiger partial charge in [0.15, 0.2) is 6.10 Å². The Bertz CT molecular complexity index is 401. The summed E-state index contributed by atoms with van der Waals surface area (Å²) in [5.41, 5.74) is 1.00. The number of piperidine rings is 1. The molecule has 1 aromatic rings. The van der Waals surface area contributed by atoms with E-state index in [1.54, 1.807) is 12.4 Å². The van der Waals surface area contributed by atoms with E-state index < -0.39 is 0 Å². The van der Waals surface area contributed by atoms with Crippen LogP contribution in [0.3, 0.4) is 0 Å². The van der Waals surface area contributed by atoms with Crippen molar-refractivity contribution in [3.05, 3.63) is 30.1 Å². The van der Waals surface area contributed by atoms with Crippen molar-refractivity contribution in [1.82, 2.24) is 9.88 Å². The molecule has 0 bridgehead atoms. The quantitative estimate of drug-likeness (QED) is 0.726. The molecule has 2 aliphatic rings. The molecule has 0 spiro atoms. The van der Waals surface area contributed by atoms with E-state index in [4.69, 9.17) is 4.74 Å². The smallest absolute Gasteiger partial charge is 0.254 e. The van der Waals surface area contributed by atoms with Gasteiger partial charge in [0.1, 0.15) is 6.10 Å². The van der Waals surface area contributed by atoms with E-state index in [9.17, 15) is 4.79 Å². The van der Waals surface area contributed by atoms with Crippen molar-refractivity contribution in [3.8, 4) is 0 Å². The maximum absolute atomic E-state index is 12.1. The molecule has 4 nitrogen and oxygen atoms in total. The summed E-state index contributed by atoms with van der Waals surface area (Å²) in [7, 11) is 0. The summed E-state index contributed by atoms with van der Waals surface area (Å²) in [6.07, 6.45) is 6.64. The lowest BCUT2D eigenvalue weighted by atomic mass is 10.1. The molecular formula is C13H16N2O2. The van der Waals surface area contributed by atoms with Gasteiger partial charge in [-0.05, 0) is 25.3 Å². The van der Waals surface area contributed by atoms with Crippen LogP contribution in [0.25, 0.3) is 0 Å². The lowest BCUT2D eigenvalue weighted by Gasteiger charge is -2.26. The Hall–Kier alpha value is -1.42. The predicted molar refractivity (Wildman–Crippen MR) is 62.3 cm³/mol. The van der Waals surface area contributed by atoms with Gasteiger partial charge in [-0.25, -0.2) is 0 Å². The topological polar surface area (TPSA) is 45.7 Å². The Balaban J connectivity index is 1.62. The first-order valence-corrected chi connectivity index (χ1v) is 6.20. The zero-order valence-corrected chi connectivity index (χ0v) is 9.71. The first kappa shape index (κ1) is 10.7. The Morgan fingerprint density at radius 2 is 2.18 bits per heavy atom. The minimum Gasteiger partial charge on any atom is -0.354 e. The van der Waals surface area contributed by atoms with Gasteiger partial charge < -0.3 is 9.64 Å². The van der Waals surface area contributed by atoms with Crippen LogP contribution < -0.4 is 0 Å². The number of hydrogen-bond acceptors (Lipinski definition) is 3. The van der Waals surface area contributed by atoms with Crippen LogP contribution in [0.4, 0.5) is 0 Å². The van der Waals surface area contributed by atoms with Crippen LogP contribution in [0.2, 0.25) is 0 Å². The van der Waals surface area contributed by atoms with Crippen LogP contribution in [-0.2, 0) is 9.53 Å². The van der Waals surface area contributed by atoms with Crippen molar-refractivity contribution in [1.29, 1.82) is 0 Å². The number of ether oxygens (including phenoxy) is 1. The summed E-state index contributed by atoms with van der Waals surface area (Å²) in [6.45, 7) is 1.77. The standard InChI is InChI=1S/C13H16N2O2/c16-13(15-7-2-1-3-8-15)12-11(17-12)10-5-4-6-14-9-10/h4-6,9,11-12H,1-3,7-8H2/t11-,12+/m0/s1. The number of carbonyl (C=O) groups is 1. The van der Waals surface area contributed by atoms with E-state index in [1.807, 2.05) is 17.0 Å². The number of aromatic nitrogens is 1. The van der Waals surface area contributed by atoms with Gasteiger partial charge in [0.2, 0.25) is 0 Å². The van der Waals surface area contributed by atoms with Crippen molar-refractivity contribution in [3.63, 3.8) is 0 Å². The number of nitrogens with zero attached hydrogens (tertiary/aromatic N) is 2. The zero-order chi connectivity index (χ0) is 11.7. The summed E-state index contributed by atoms with van der Waals surface area (Å²) in [5, 5.41) is 0. The third kappa shape index (κ3) is 2.17. The van der Waals surface area contributed by atoms with Crippen molar-refractivity contribution in [2.45, 2.75) is 31.5 Å². The first-order valence-electron chi connectivity index (χ1n) is 6.20. The Morgan fingerprint density at radius 3 is 2.88 bits per heavy atom. The number of likely N-dealkylation sites (tertiary alicyclic amines) is 1. The Kier molecular flexibility index (Phi) is 2.81. The monoisotopic (exact) mass is 232 g/mol. The summed E-state index contributed by atoms with van der Waals surface area (Å²) < 4.78 is 5.49. The number of epoxide rings is 1. The number of pyridine rings is 1. The second-order valence-electron chi connectivity index (χ2n) is 4.65. The van der Waals surface area contributed by atoms with Gasteiger partial charge in [0, 0.05) is 31.0 Å². The highest BCUT2D eigenvalue weighted by Crippen LogP contribution is 2.39. The highest BCUT2D eigenvalue weighted by atomic mass is 16.6. The van der Waals surface area contributed by atoms with Gasteiger partial charge in [0.25, 0.3) is 5.91 Å². The average molecular weight is 232 g/mol. The van der Waals surface area contributed by atoms with E-state index in [2.05, 4.69) is 4.98 Å². The van der Waals surface area contributed by atoms with Crippen molar-refractivity contribution in [2.24, 2.45) is 0 Å². The number of rotatable bonds is 2. The molecule has 3 heterocycles. The van der Waals surface area contributed by atoms with Crippen LogP contribution in [-0.4, -0.2) is 35.0 Å². The van der Waals surface area contributed by atoms with Crippen LogP contribution >= 0.6 is 0 Å². The summed E-state index contributed by atoms with van der Waals surface area (Å²) >= 11 is 0. The molecule has 1 amide bonds. The first-order chi connectivity index (χ1) is 8.36. The molecule has 1 aromatic heterocycles. The summed E-state index contributed by atoms with van der Waals surface area (Å²) in [4.78, 5) is 18.1. The van der Waals surface area contributed by atoms with Gasteiger partial charge in [-0.15, -0.1) is 0 Å². The third-order valence-electron chi connectivity index (χ3n) is 3.42. The van der Waals surface area contributed by atoms with Crippen molar-refractivity contribution in [2.75, 3.05) is 13.1 Å². The molecule has 2 aliphatic heterocycles. The van der Waals surface area contributed by atoms with E-state index in [1.165, 1.54) is 6.42 Å². The Morgan fingerprint density at radius 1 is 1.35 bits per heavy atom. The highest BCUT2D eigenvalue weighted by Gasteiger charge is 2.48. The van der Waals surface area contributed by atoms with E-state index in [0.717, 1.165) is 31.5 Å². The average Bonchev–Trinajstić information content (AvgIpc) is 3.20. The maximum Gasteiger partial charge on any atom is 0.254 e. The molecule has 0 aliphatic carbocycles. The fourth-order valence-electron chi connectivity index (χ4n) is 2.39. The van der Waals surface area contributed by atoms with E-state index in [0.29, 0.717) is 0 Å². The number of carbonyl (C=O) groups excluding carboxylic acids is 1. The van der Waals surface area contributed by atoms with Gasteiger partial charge in [-0.1, -0.05) is 6.07 Å². The second-order valence-corrected chi connectivity index (χ2v) is 4.65. The zero-order valence-electron chi connectivity index (χ0n) is 9.71. The SMILES string of the molecule is O=C([C@@H]1O[C@H]1c1cccnc1)N1CCCCC1. The minimum absolute atomic E-state index is 0.0712. The van der Waals surface area contributed by atoms with Gasteiger partial charge >= 0.3 is 0 Å². The molecule has 0 N–H and O–H groups in total. The molecule has 0 radical (unpaired) electrons. The molecular weight excluding hydrogens is 216 g/mol. The highest BCUT2D eigenvalue weighted by molar-refractivity contribution is 5.84.